The summed E-state index contributed by atoms with van der Waals surface area (Å²) in [6.45, 7) is 9.05. The molecule has 1 amide bonds. The van der Waals surface area contributed by atoms with Gasteiger partial charge in [-0.1, -0.05) is 41.6 Å². The number of thioether (sulfide) groups is 1. The Morgan fingerprint density at radius 2 is 1.83 bits per heavy atom. The maximum absolute atomic E-state index is 12.2. The van der Waals surface area contributed by atoms with E-state index >= 15 is 0 Å². The number of hydrogen-bond donors (Lipinski definition) is 1. The molecule has 0 atom stereocenters. The predicted octanol–water partition coefficient (Wildman–Crippen LogP) is 3.79. The summed E-state index contributed by atoms with van der Waals surface area (Å²) in [6, 6.07) is 12.3. The smallest absolute Gasteiger partial charge is 0.230 e. The zero-order chi connectivity index (χ0) is 20.8. The maximum atomic E-state index is 12.2. The first-order valence-corrected chi connectivity index (χ1v) is 10.5. The van der Waals surface area contributed by atoms with Crippen molar-refractivity contribution in [2.45, 2.75) is 32.9 Å². The molecule has 3 aromatic rings. The van der Waals surface area contributed by atoms with Crippen LogP contribution in [-0.4, -0.2) is 39.6 Å². The molecule has 3 rings (SSSR count). The van der Waals surface area contributed by atoms with Gasteiger partial charge in [-0.05, 0) is 56.5 Å². The monoisotopic (exact) mass is 410 g/mol. The molecule has 0 aliphatic heterocycles. The van der Waals surface area contributed by atoms with Gasteiger partial charge in [0.1, 0.15) is 18.7 Å². The zero-order valence-corrected chi connectivity index (χ0v) is 18.0. The fourth-order valence-corrected chi connectivity index (χ4v) is 3.71. The average molecular weight is 411 g/mol. The van der Waals surface area contributed by atoms with Crippen LogP contribution < -0.4 is 10.1 Å². The van der Waals surface area contributed by atoms with Gasteiger partial charge in [-0.3, -0.25) is 9.36 Å². The van der Waals surface area contributed by atoms with Gasteiger partial charge in [-0.15, -0.1) is 10.2 Å². The van der Waals surface area contributed by atoms with Crippen molar-refractivity contribution < 1.29 is 9.53 Å². The molecule has 0 unspecified atom stereocenters. The van der Waals surface area contributed by atoms with Gasteiger partial charge in [0.05, 0.1) is 18.0 Å². The third-order valence-corrected chi connectivity index (χ3v) is 5.43. The minimum atomic E-state index is -0.0604. The molecule has 0 bridgehead atoms. The summed E-state index contributed by atoms with van der Waals surface area (Å²) in [5.41, 5.74) is 5.62. The van der Waals surface area contributed by atoms with E-state index in [2.05, 4.69) is 46.7 Å². The lowest BCUT2D eigenvalue weighted by atomic mass is 10.1. The number of rotatable bonds is 8. The number of hydrogen-bond acceptors (Lipinski definition) is 5. The minimum absolute atomic E-state index is 0.0604. The first-order valence-electron chi connectivity index (χ1n) is 9.51. The molecule has 2 aromatic carbocycles. The van der Waals surface area contributed by atoms with Gasteiger partial charge in [0.25, 0.3) is 0 Å². The summed E-state index contributed by atoms with van der Waals surface area (Å²) < 4.78 is 7.67. The minimum Gasteiger partial charge on any atom is -0.491 e. The van der Waals surface area contributed by atoms with E-state index in [1.807, 2.05) is 37.5 Å². The van der Waals surface area contributed by atoms with Crippen LogP contribution in [0.4, 0.5) is 0 Å². The fourth-order valence-electron chi connectivity index (χ4n) is 2.96. The molecular weight excluding hydrogens is 384 g/mol. The number of nitrogens with zero attached hydrogens (tertiary/aromatic N) is 3. The fraction of sp³-hybridized carbons (Fsp3) is 0.318. The van der Waals surface area contributed by atoms with E-state index in [1.165, 1.54) is 17.3 Å². The molecule has 0 aliphatic carbocycles. The molecule has 1 heterocycles. The highest BCUT2D eigenvalue weighted by atomic mass is 32.2. The molecule has 0 aliphatic rings. The maximum Gasteiger partial charge on any atom is 0.230 e. The molecule has 0 saturated carbocycles. The van der Waals surface area contributed by atoms with E-state index in [1.54, 1.807) is 6.33 Å². The third kappa shape index (κ3) is 5.60. The van der Waals surface area contributed by atoms with Crippen LogP contribution in [0.5, 0.6) is 5.75 Å². The normalized spacial score (nSPS) is 10.8. The Morgan fingerprint density at radius 1 is 1.07 bits per heavy atom. The third-order valence-electron chi connectivity index (χ3n) is 4.49. The summed E-state index contributed by atoms with van der Waals surface area (Å²) in [7, 11) is 0. The van der Waals surface area contributed by atoms with E-state index in [9.17, 15) is 4.79 Å². The number of carbonyl (C=O) groups excluding carboxylic acids is 1. The van der Waals surface area contributed by atoms with Crippen LogP contribution in [0.3, 0.4) is 0 Å². The molecule has 7 heteroatoms. The second kappa shape index (κ2) is 9.60. The van der Waals surface area contributed by atoms with Crippen LogP contribution in [-0.2, 0) is 4.79 Å². The predicted molar refractivity (Wildman–Crippen MR) is 116 cm³/mol. The van der Waals surface area contributed by atoms with Crippen LogP contribution in [0.1, 0.15) is 22.3 Å². The molecule has 0 saturated heterocycles. The average Bonchev–Trinajstić information content (AvgIpc) is 3.15. The Hall–Kier alpha value is -2.80. The van der Waals surface area contributed by atoms with Crippen molar-refractivity contribution in [3.8, 4) is 11.4 Å². The number of ether oxygens (including phenoxy) is 1. The van der Waals surface area contributed by atoms with Crippen LogP contribution >= 0.6 is 11.8 Å². The highest BCUT2D eigenvalue weighted by molar-refractivity contribution is 7.99. The van der Waals surface area contributed by atoms with Crippen LogP contribution in [0.25, 0.3) is 5.69 Å². The van der Waals surface area contributed by atoms with Gasteiger partial charge in [0.2, 0.25) is 5.91 Å². The van der Waals surface area contributed by atoms with Crippen molar-refractivity contribution in [3.05, 3.63) is 65.0 Å². The Labute approximate surface area is 175 Å². The Kier molecular flexibility index (Phi) is 6.93. The Bertz CT molecular complexity index is 1000. The summed E-state index contributed by atoms with van der Waals surface area (Å²) in [4.78, 5) is 12.2. The van der Waals surface area contributed by atoms with Gasteiger partial charge in [-0.2, -0.15) is 0 Å². The largest absolute Gasteiger partial charge is 0.491 e. The van der Waals surface area contributed by atoms with E-state index in [4.69, 9.17) is 4.74 Å². The van der Waals surface area contributed by atoms with Crippen molar-refractivity contribution in [2.24, 2.45) is 0 Å². The summed E-state index contributed by atoms with van der Waals surface area (Å²) in [5.74, 6) is 1.06. The number of carbonyl (C=O) groups is 1. The van der Waals surface area contributed by atoms with Gasteiger partial charge in [-0.25, -0.2) is 0 Å². The highest BCUT2D eigenvalue weighted by Crippen LogP contribution is 2.22. The number of aryl methyl sites for hydroxylation is 4. The van der Waals surface area contributed by atoms with Gasteiger partial charge >= 0.3 is 0 Å². The Morgan fingerprint density at radius 3 is 2.62 bits per heavy atom. The lowest BCUT2D eigenvalue weighted by molar-refractivity contribution is -0.118. The van der Waals surface area contributed by atoms with E-state index in [0.29, 0.717) is 18.3 Å². The van der Waals surface area contributed by atoms with Crippen molar-refractivity contribution in [3.63, 3.8) is 0 Å². The SMILES string of the molecule is Cc1ccc(OCCNC(=O)CSc2nncn2-c2cc(C)ccc2C)c(C)c1. The Balaban J connectivity index is 1.48. The van der Waals surface area contributed by atoms with Gasteiger partial charge in [0, 0.05) is 0 Å². The molecule has 0 radical (unpaired) electrons. The van der Waals surface area contributed by atoms with Crippen LogP contribution in [0.15, 0.2) is 47.9 Å². The summed E-state index contributed by atoms with van der Waals surface area (Å²) >= 11 is 1.37. The van der Waals surface area contributed by atoms with Crippen molar-refractivity contribution >= 4 is 17.7 Å². The van der Waals surface area contributed by atoms with E-state index < -0.39 is 0 Å². The lowest BCUT2D eigenvalue weighted by Gasteiger charge is -2.11. The van der Waals surface area contributed by atoms with Crippen molar-refractivity contribution in [1.29, 1.82) is 0 Å². The second-order valence-corrected chi connectivity index (χ2v) is 7.97. The molecule has 1 N–H and O–H groups in total. The molecular formula is C22H26N4O2S. The van der Waals surface area contributed by atoms with Crippen LogP contribution in [0, 0.1) is 27.7 Å². The first kappa shape index (κ1) is 20.9. The summed E-state index contributed by atoms with van der Waals surface area (Å²) in [5, 5.41) is 11.7. The topological polar surface area (TPSA) is 69.0 Å². The second-order valence-electron chi connectivity index (χ2n) is 7.03. The standard InChI is InChI=1S/C22H26N4O2S/c1-15-6-8-20(18(4)11-15)28-10-9-23-21(27)13-29-22-25-24-14-26(22)19-12-16(2)5-7-17(19)3/h5-8,11-12,14H,9-10,13H2,1-4H3,(H,23,27). The molecule has 0 spiro atoms. The molecule has 29 heavy (non-hydrogen) atoms. The quantitative estimate of drug-likeness (QED) is 0.452. The van der Waals surface area contributed by atoms with E-state index in [0.717, 1.165) is 28.1 Å². The van der Waals surface area contributed by atoms with E-state index in [-0.39, 0.29) is 11.7 Å². The highest BCUT2D eigenvalue weighted by Gasteiger charge is 2.12. The van der Waals surface area contributed by atoms with Crippen LogP contribution in [0.2, 0.25) is 0 Å². The lowest BCUT2D eigenvalue weighted by Crippen LogP contribution is -2.29. The molecule has 0 fully saturated rings. The number of aromatic nitrogens is 3. The molecule has 6 nitrogen and oxygen atoms in total. The number of benzene rings is 2. The number of amides is 1. The molecule has 1 aromatic heterocycles. The zero-order valence-electron chi connectivity index (χ0n) is 17.2. The van der Waals surface area contributed by atoms with Crippen molar-refractivity contribution in [2.75, 3.05) is 18.9 Å². The van der Waals surface area contributed by atoms with Gasteiger partial charge in [0.15, 0.2) is 5.16 Å². The molecule has 152 valence electrons. The first-order chi connectivity index (χ1) is 13.9. The van der Waals surface area contributed by atoms with Crippen molar-refractivity contribution in [1.82, 2.24) is 20.1 Å². The number of nitrogens with one attached hydrogen (secondary N) is 1. The summed E-state index contributed by atoms with van der Waals surface area (Å²) in [6.07, 6.45) is 1.68. The van der Waals surface area contributed by atoms with Gasteiger partial charge < -0.3 is 10.1 Å².